The van der Waals surface area contributed by atoms with Crippen LogP contribution < -0.4 is 10.6 Å². The van der Waals surface area contributed by atoms with E-state index in [0.717, 1.165) is 0 Å². The molecule has 0 N–H and O–H groups in total. The lowest BCUT2D eigenvalue weighted by Gasteiger charge is -2.38. The molecule has 128 valence electrons. The lowest BCUT2D eigenvalue weighted by atomic mass is 10.1. The van der Waals surface area contributed by atoms with E-state index in [4.69, 9.17) is 0 Å². The van der Waals surface area contributed by atoms with E-state index in [0.29, 0.717) is 5.16 Å². The van der Waals surface area contributed by atoms with Gasteiger partial charge in [0.05, 0.1) is 0 Å². The van der Waals surface area contributed by atoms with Crippen molar-refractivity contribution in [2.24, 2.45) is 0 Å². The lowest BCUT2D eigenvalue weighted by molar-refractivity contribution is 0.656. The third kappa shape index (κ3) is 3.21. The normalized spacial score (nSPS) is 16.4. The molecule has 0 nitrogen and oxygen atoms in total. The van der Waals surface area contributed by atoms with E-state index >= 15 is 0 Å². The SMILES string of the molecule is Cc1ccc(P(c2ccc(C)cc2)C2(c3cccs3)CCCC2)cc1. The minimum Gasteiger partial charge on any atom is -0.148 e. The summed E-state index contributed by atoms with van der Waals surface area (Å²) >= 11 is 1.96. The average Bonchev–Trinajstić information content (AvgIpc) is 3.31. The maximum atomic E-state index is 2.38. The minimum atomic E-state index is -0.401. The highest BCUT2D eigenvalue weighted by molar-refractivity contribution is 7.74. The summed E-state index contributed by atoms with van der Waals surface area (Å²) in [5.41, 5.74) is 2.69. The molecule has 1 heterocycles. The van der Waals surface area contributed by atoms with E-state index in [-0.39, 0.29) is 0 Å². The first kappa shape index (κ1) is 17.0. The Morgan fingerprint density at radius 2 is 1.28 bits per heavy atom. The molecule has 3 aromatic rings. The molecular formula is C23H25PS. The Balaban J connectivity index is 1.89. The van der Waals surface area contributed by atoms with Crippen molar-refractivity contribution < 1.29 is 0 Å². The maximum absolute atomic E-state index is 2.38. The first-order valence-corrected chi connectivity index (χ1v) is 11.4. The summed E-state index contributed by atoms with van der Waals surface area (Å²) in [7, 11) is -0.401. The van der Waals surface area contributed by atoms with Crippen molar-refractivity contribution in [1.29, 1.82) is 0 Å². The third-order valence-electron chi connectivity index (χ3n) is 5.42. The number of benzene rings is 2. The Morgan fingerprint density at radius 3 is 1.72 bits per heavy atom. The molecule has 0 spiro atoms. The van der Waals surface area contributed by atoms with Crippen LogP contribution >= 0.6 is 19.3 Å². The summed E-state index contributed by atoms with van der Waals surface area (Å²) in [4.78, 5) is 1.59. The van der Waals surface area contributed by atoms with Gasteiger partial charge in [0, 0.05) is 10.0 Å². The van der Waals surface area contributed by atoms with Gasteiger partial charge in [0.2, 0.25) is 0 Å². The van der Waals surface area contributed by atoms with Gasteiger partial charge in [-0.15, -0.1) is 11.3 Å². The molecule has 2 heteroatoms. The molecule has 0 atom stereocenters. The molecule has 1 aromatic heterocycles. The molecule has 0 bridgehead atoms. The quantitative estimate of drug-likeness (QED) is 0.479. The van der Waals surface area contributed by atoms with Gasteiger partial charge in [-0.1, -0.05) is 78.6 Å². The number of rotatable bonds is 4. The van der Waals surface area contributed by atoms with E-state index in [1.807, 2.05) is 11.3 Å². The van der Waals surface area contributed by atoms with Crippen molar-refractivity contribution in [3.63, 3.8) is 0 Å². The zero-order valence-corrected chi connectivity index (χ0v) is 16.7. The molecular weight excluding hydrogens is 339 g/mol. The van der Waals surface area contributed by atoms with Crippen LogP contribution in [0.5, 0.6) is 0 Å². The maximum Gasteiger partial charge on any atom is 0.0328 e. The van der Waals surface area contributed by atoms with Crippen molar-refractivity contribution >= 4 is 29.9 Å². The van der Waals surface area contributed by atoms with Crippen molar-refractivity contribution in [2.75, 3.05) is 0 Å². The second-order valence-electron chi connectivity index (χ2n) is 7.22. The molecule has 0 aliphatic heterocycles. The van der Waals surface area contributed by atoms with Crippen LogP contribution in [0, 0.1) is 13.8 Å². The molecule has 0 unspecified atom stereocenters. The summed E-state index contributed by atoms with van der Waals surface area (Å²) in [5, 5.41) is 5.63. The molecule has 2 aromatic carbocycles. The molecule has 0 saturated heterocycles. The van der Waals surface area contributed by atoms with Gasteiger partial charge in [0.1, 0.15) is 0 Å². The molecule has 0 radical (unpaired) electrons. The van der Waals surface area contributed by atoms with Gasteiger partial charge in [-0.25, -0.2) is 0 Å². The van der Waals surface area contributed by atoms with Gasteiger partial charge >= 0.3 is 0 Å². The van der Waals surface area contributed by atoms with Crippen molar-refractivity contribution in [1.82, 2.24) is 0 Å². The molecule has 4 rings (SSSR count). The van der Waals surface area contributed by atoms with Gasteiger partial charge < -0.3 is 0 Å². The second-order valence-corrected chi connectivity index (χ2v) is 10.7. The topological polar surface area (TPSA) is 0 Å². The van der Waals surface area contributed by atoms with Crippen LogP contribution in [0.3, 0.4) is 0 Å². The van der Waals surface area contributed by atoms with Crippen LogP contribution in [-0.2, 0) is 5.16 Å². The average molecular weight is 364 g/mol. The van der Waals surface area contributed by atoms with Gasteiger partial charge in [0.25, 0.3) is 0 Å². The summed E-state index contributed by atoms with van der Waals surface area (Å²) in [5.74, 6) is 0. The number of thiophene rings is 1. The fraction of sp³-hybridized carbons (Fsp3) is 0.304. The monoisotopic (exact) mass is 364 g/mol. The third-order valence-corrected chi connectivity index (χ3v) is 9.82. The first-order chi connectivity index (χ1) is 12.2. The van der Waals surface area contributed by atoms with Crippen LogP contribution in [0.25, 0.3) is 0 Å². The fourth-order valence-electron chi connectivity index (χ4n) is 4.11. The largest absolute Gasteiger partial charge is 0.148 e. The first-order valence-electron chi connectivity index (χ1n) is 9.17. The van der Waals surface area contributed by atoms with E-state index < -0.39 is 7.92 Å². The highest BCUT2D eigenvalue weighted by Crippen LogP contribution is 2.63. The Kier molecular flexibility index (Phi) is 4.80. The fourth-order valence-corrected chi connectivity index (χ4v) is 8.67. The summed E-state index contributed by atoms with van der Waals surface area (Å²) in [6, 6.07) is 23.3. The highest BCUT2D eigenvalue weighted by Gasteiger charge is 2.44. The zero-order valence-electron chi connectivity index (χ0n) is 15.0. The molecule has 1 aliphatic rings. The smallest absolute Gasteiger partial charge is 0.0328 e. The minimum absolute atomic E-state index is 0.314. The van der Waals surface area contributed by atoms with Gasteiger partial charge in [-0.3, -0.25) is 0 Å². The number of aryl methyl sites for hydroxylation is 2. The standard InChI is InChI=1S/C23H25PS/c1-18-7-11-20(12-8-18)24(21-13-9-19(2)10-14-21)23(15-3-4-16-23)22-6-5-17-25-22/h5-14,17H,3-4,15-16H2,1-2H3. The van der Waals surface area contributed by atoms with E-state index in [9.17, 15) is 0 Å². The Hall–Kier alpha value is -1.43. The Labute approximate surface area is 156 Å². The molecule has 0 amide bonds. The summed E-state index contributed by atoms with van der Waals surface area (Å²) in [6.45, 7) is 4.37. The van der Waals surface area contributed by atoms with Crippen LogP contribution in [-0.4, -0.2) is 0 Å². The Morgan fingerprint density at radius 1 is 0.760 bits per heavy atom. The van der Waals surface area contributed by atoms with Gasteiger partial charge in [0.15, 0.2) is 0 Å². The Bertz CT molecular complexity index is 764. The second kappa shape index (κ2) is 7.06. The van der Waals surface area contributed by atoms with Crippen LogP contribution in [0.1, 0.15) is 41.7 Å². The van der Waals surface area contributed by atoms with Gasteiger partial charge in [-0.05, 0) is 56.7 Å². The van der Waals surface area contributed by atoms with E-state index in [1.54, 1.807) is 4.88 Å². The highest BCUT2D eigenvalue weighted by atomic mass is 32.1. The number of hydrogen-bond acceptors (Lipinski definition) is 1. The predicted octanol–water partition coefficient (Wildman–Crippen LogP) is 6.27. The zero-order chi connectivity index (χ0) is 17.3. The predicted molar refractivity (Wildman–Crippen MR) is 113 cm³/mol. The molecule has 1 fully saturated rings. The van der Waals surface area contributed by atoms with Crippen LogP contribution in [0.4, 0.5) is 0 Å². The van der Waals surface area contributed by atoms with Gasteiger partial charge in [-0.2, -0.15) is 0 Å². The number of hydrogen-bond donors (Lipinski definition) is 0. The molecule has 1 saturated carbocycles. The summed E-state index contributed by atoms with van der Waals surface area (Å²) in [6.07, 6.45) is 5.35. The molecule has 25 heavy (non-hydrogen) atoms. The van der Waals surface area contributed by atoms with Crippen molar-refractivity contribution in [3.05, 3.63) is 82.0 Å². The van der Waals surface area contributed by atoms with E-state index in [2.05, 4.69) is 79.9 Å². The van der Waals surface area contributed by atoms with Crippen LogP contribution in [0.2, 0.25) is 0 Å². The molecule has 1 aliphatic carbocycles. The lowest BCUT2D eigenvalue weighted by Crippen LogP contribution is -2.29. The van der Waals surface area contributed by atoms with E-state index in [1.165, 1.54) is 47.4 Å². The van der Waals surface area contributed by atoms with Crippen molar-refractivity contribution in [2.45, 2.75) is 44.7 Å². The van der Waals surface area contributed by atoms with Crippen LogP contribution in [0.15, 0.2) is 66.0 Å². The summed E-state index contributed by atoms with van der Waals surface area (Å²) < 4.78 is 0. The van der Waals surface area contributed by atoms with Crippen molar-refractivity contribution in [3.8, 4) is 0 Å².